The van der Waals surface area contributed by atoms with Crippen LogP contribution in [0.25, 0.3) is 5.82 Å². The zero-order chi connectivity index (χ0) is 29.5. The number of carbonyl (C=O) groups excluding carboxylic acids is 2. The summed E-state index contributed by atoms with van der Waals surface area (Å²) in [5.41, 5.74) is 0.810. The van der Waals surface area contributed by atoms with E-state index in [2.05, 4.69) is 16.0 Å². The lowest BCUT2D eigenvalue weighted by Gasteiger charge is -2.32. The van der Waals surface area contributed by atoms with Crippen LogP contribution in [0.15, 0.2) is 48.8 Å². The number of halogens is 2. The molecular formula is C31H39Cl2N7O2. The van der Waals surface area contributed by atoms with Crippen LogP contribution in [0, 0.1) is 5.92 Å². The maximum absolute atomic E-state index is 13.6. The smallest absolute Gasteiger partial charge is 0.242 e. The van der Waals surface area contributed by atoms with Crippen LogP contribution in [0.1, 0.15) is 63.9 Å². The number of hydrogen-bond acceptors (Lipinski definition) is 6. The first kappa shape index (κ1) is 30.2. The third-order valence-electron chi connectivity index (χ3n) is 8.26. The second-order valence-electron chi connectivity index (χ2n) is 11.3. The molecule has 2 aromatic heterocycles. The van der Waals surface area contributed by atoms with E-state index in [9.17, 15) is 9.59 Å². The first-order valence-electron chi connectivity index (χ1n) is 14.9. The van der Waals surface area contributed by atoms with E-state index in [-0.39, 0.29) is 17.9 Å². The van der Waals surface area contributed by atoms with Crippen molar-refractivity contribution in [2.75, 3.05) is 23.7 Å². The number of carbonyl (C=O) groups is 2. The van der Waals surface area contributed by atoms with E-state index in [1.54, 1.807) is 19.1 Å². The number of benzene rings is 1. The average molecular weight is 613 g/mol. The van der Waals surface area contributed by atoms with Gasteiger partial charge in [0.1, 0.15) is 17.7 Å². The summed E-state index contributed by atoms with van der Waals surface area (Å²) in [5.74, 6) is 2.25. The molecule has 1 saturated carbocycles. The lowest BCUT2D eigenvalue weighted by atomic mass is 9.84. The Balaban J connectivity index is 1.35. The lowest BCUT2D eigenvalue weighted by Crippen LogP contribution is -2.42. The summed E-state index contributed by atoms with van der Waals surface area (Å²) < 4.78 is 1.93. The number of likely N-dealkylation sites (tertiary alicyclic amines) is 1. The van der Waals surface area contributed by atoms with Crippen LogP contribution in [0.4, 0.5) is 11.8 Å². The van der Waals surface area contributed by atoms with Gasteiger partial charge in [0, 0.05) is 61.1 Å². The number of anilines is 2. The Kier molecular flexibility index (Phi) is 10.2. The normalized spacial score (nSPS) is 17.1. The zero-order valence-corrected chi connectivity index (χ0v) is 25.5. The second-order valence-corrected chi connectivity index (χ2v) is 12.2. The van der Waals surface area contributed by atoms with Gasteiger partial charge in [0.05, 0.1) is 0 Å². The number of amides is 2. The first-order valence-corrected chi connectivity index (χ1v) is 15.6. The van der Waals surface area contributed by atoms with Crippen LogP contribution in [0.3, 0.4) is 0 Å². The van der Waals surface area contributed by atoms with Gasteiger partial charge in [-0.1, -0.05) is 61.4 Å². The van der Waals surface area contributed by atoms with E-state index in [0.717, 1.165) is 37.7 Å². The summed E-state index contributed by atoms with van der Waals surface area (Å²) in [7, 11) is 0. The molecule has 1 aromatic carbocycles. The SMILES string of the molecule is CC(=O)N1CCC(Nc2nc(NC(CC3CCCCC3)C(=O)NCc3ccc(Cl)cc3Cl)cc(-n3cccc3)n2)CC1. The summed E-state index contributed by atoms with van der Waals surface area (Å²) in [6.07, 6.45) is 12.1. The quantitative estimate of drug-likeness (QED) is 0.257. The largest absolute Gasteiger partial charge is 0.358 e. The van der Waals surface area contributed by atoms with Crippen LogP contribution in [-0.4, -0.2) is 56.4 Å². The summed E-state index contributed by atoms with van der Waals surface area (Å²) in [6, 6.07) is 10.7. The Labute approximate surface area is 257 Å². The topological polar surface area (TPSA) is 104 Å². The van der Waals surface area contributed by atoms with Crippen molar-refractivity contribution in [3.63, 3.8) is 0 Å². The number of hydrogen-bond donors (Lipinski definition) is 3. The van der Waals surface area contributed by atoms with Crippen molar-refractivity contribution in [1.29, 1.82) is 0 Å². The van der Waals surface area contributed by atoms with E-state index in [1.165, 1.54) is 19.3 Å². The molecule has 0 spiro atoms. The molecule has 224 valence electrons. The van der Waals surface area contributed by atoms with Crippen LogP contribution in [0.2, 0.25) is 10.0 Å². The van der Waals surface area contributed by atoms with Crippen molar-refractivity contribution >= 4 is 46.8 Å². The molecular weight excluding hydrogens is 573 g/mol. The Morgan fingerprint density at radius 1 is 1.00 bits per heavy atom. The van der Waals surface area contributed by atoms with Gasteiger partial charge in [0.2, 0.25) is 17.8 Å². The van der Waals surface area contributed by atoms with E-state index in [4.69, 9.17) is 33.2 Å². The third-order valence-corrected chi connectivity index (χ3v) is 8.84. The second kappa shape index (κ2) is 14.2. The maximum atomic E-state index is 13.6. The Bertz CT molecular complexity index is 1350. The monoisotopic (exact) mass is 611 g/mol. The van der Waals surface area contributed by atoms with Crippen molar-refractivity contribution in [3.05, 3.63) is 64.4 Å². The molecule has 1 atom stereocenters. The Hall–Kier alpha value is -3.30. The molecule has 42 heavy (non-hydrogen) atoms. The lowest BCUT2D eigenvalue weighted by molar-refractivity contribution is -0.129. The van der Waals surface area contributed by atoms with Crippen molar-refractivity contribution < 1.29 is 9.59 Å². The van der Waals surface area contributed by atoms with Crippen LogP contribution < -0.4 is 16.0 Å². The molecule has 5 rings (SSSR count). The van der Waals surface area contributed by atoms with Crippen LogP contribution in [0.5, 0.6) is 0 Å². The summed E-state index contributed by atoms with van der Waals surface area (Å²) in [4.78, 5) is 36.9. The van der Waals surface area contributed by atoms with Gasteiger partial charge in [-0.05, 0) is 55.0 Å². The molecule has 3 heterocycles. The molecule has 0 radical (unpaired) electrons. The molecule has 2 amide bonds. The molecule has 2 aliphatic rings. The molecule has 1 saturated heterocycles. The molecule has 2 fully saturated rings. The predicted octanol–water partition coefficient (Wildman–Crippen LogP) is 6.06. The highest BCUT2D eigenvalue weighted by atomic mass is 35.5. The molecule has 1 aliphatic heterocycles. The van der Waals surface area contributed by atoms with E-state index in [1.807, 2.05) is 46.1 Å². The summed E-state index contributed by atoms with van der Waals surface area (Å²) in [6.45, 7) is 3.33. The van der Waals surface area contributed by atoms with Gasteiger partial charge in [-0.25, -0.2) is 0 Å². The highest BCUT2D eigenvalue weighted by molar-refractivity contribution is 6.35. The average Bonchev–Trinajstić information content (AvgIpc) is 3.52. The van der Waals surface area contributed by atoms with Crippen molar-refractivity contribution in [1.82, 2.24) is 24.8 Å². The number of piperidine rings is 1. The number of nitrogens with zero attached hydrogens (tertiary/aromatic N) is 4. The van der Waals surface area contributed by atoms with Gasteiger partial charge in [-0.2, -0.15) is 9.97 Å². The van der Waals surface area contributed by atoms with Crippen molar-refractivity contribution in [3.8, 4) is 5.82 Å². The molecule has 0 bridgehead atoms. The minimum atomic E-state index is -0.474. The fourth-order valence-corrected chi connectivity index (χ4v) is 6.33. The number of rotatable bonds is 10. The molecule has 1 unspecified atom stereocenters. The highest BCUT2D eigenvalue weighted by Crippen LogP contribution is 2.29. The van der Waals surface area contributed by atoms with Gasteiger partial charge in [0.15, 0.2) is 0 Å². The highest BCUT2D eigenvalue weighted by Gasteiger charge is 2.26. The van der Waals surface area contributed by atoms with Crippen molar-refractivity contribution in [2.45, 2.75) is 76.9 Å². The first-order chi connectivity index (χ1) is 20.3. The molecule has 11 heteroatoms. The molecule has 9 nitrogen and oxygen atoms in total. The summed E-state index contributed by atoms with van der Waals surface area (Å²) >= 11 is 12.4. The van der Waals surface area contributed by atoms with Gasteiger partial charge in [-0.3, -0.25) is 9.59 Å². The Morgan fingerprint density at radius 3 is 2.43 bits per heavy atom. The van der Waals surface area contributed by atoms with Gasteiger partial charge in [-0.15, -0.1) is 0 Å². The van der Waals surface area contributed by atoms with Gasteiger partial charge >= 0.3 is 0 Å². The standard InChI is InChI=1S/C31H39Cl2N7O2/c1-21(41)39-15-11-25(12-16-39)35-31-37-28(19-29(38-31)40-13-5-6-14-40)36-27(17-22-7-3-2-4-8-22)30(42)34-20-23-9-10-24(32)18-26(23)33/h5-6,9-10,13-14,18-19,22,25,27H,2-4,7-8,11-12,15-17,20H2,1H3,(H,34,42)(H2,35,36,37,38). The number of nitrogens with one attached hydrogen (secondary N) is 3. The molecule has 1 aliphatic carbocycles. The molecule has 3 N–H and O–H groups in total. The van der Waals surface area contributed by atoms with Gasteiger partial charge < -0.3 is 25.4 Å². The molecule has 3 aromatic rings. The third kappa shape index (κ3) is 8.16. The van der Waals surface area contributed by atoms with Crippen LogP contribution >= 0.6 is 23.2 Å². The zero-order valence-electron chi connectivity index (χ0n) is 24.0. The Morgan fingerprint density at radius 2 is 1.74 bits per heavy atom. The minimum Gasteiger partial charge on any atom is -0.358 e. The fraction of sp³-hybridized carbons (Fsp3) is 0.484. The fourth-order valence-electron chi connectivity index (χ4n) is 5.85. The number of aromatic nitrogens is 3. The van der Waals surface area contributed by atoms with Gasteiger partial charge in [0.25, 0.3) is 0 Å². The predicted molar refractivity (Wildman–Crippen MR) is 167 cm³/mol. The van der Waals surface area contributed by atoms with E-state index >= 15 is 0 Å². The maximum Gasteiger partial charge on any atom is 0.242 e. The van der Waals surface area contributed by atoms with Crippen LogP contribution in [-0.2, 0) is 16.1 Å². The summed E-state index contributed by atoms with van der Waals surface area (Å²) in [5, 5.41) is 11.1. The van der Waals surface area contributed by atoms with Crippen molar-refractivity contribution in [2.24, 2.45) is 5.92 Å². The van der Waals surface area contributed by atoms with E-state index in [0.29, 0.717) is 53.2 Å². The minimum absolute atomic E-state index is 0.0983. The van der Waals surface area contributed by atoms with E-state index < -0.39 is 6.04 Å².